The Kier molecular flexibility index (Phi) is 15.9. The molecule has 20 heteroatoms. The highest BCUT2D eigenvalue weighted by atomic mass is 32.1. The van der Waals surface area contributed by atoms with Crippen LogP contribution in [0, 0.1) is 11.7 Å². The number of anilines is 1. The standard InChI is InChI=1S/C28H29FN6S.3C2H2O4/c29-22-9-7-21(8-10-22)19-35-25-6-2-1-4-23(25)32-26(35)18-20-11-15-34(16-12-20)17-14-31-28-33-24-5-3-13-30-27(24)36-28;3*3-1(4)2(5)6/h1-10,13,20H,11-12,14-19H2,(H,31,33);3*(H,3,4)(H,5,6)/p-6. The van der Waals surface area contributed by atoms with E-state index >= 15 is 0 Å². The Hall–Kier alpha value is -6.54. The minimum absolute atomic E-state index is 0.200. The van der Waals surface area contributed by atoms with Crippen molar-refractivity contribution in [2.24, 2.45) is 5.92 Å². The maximum absolute atomic E-state index is 13.4. The quantitative estimate of drug-likeness (QED) is 0.145. The van der Waals surface area contributed by atoms with E-state index in [0.717, 1.165) is 70.5 Å². The van der Waals surface area contributed by atoms with E-state index in [1.54, 1.807) is 11.3 Å². The number of nitrogens with one attached hydrogen (secondary N) is 1. The molecule has 286 valence electrons. The molecule has 5 aromatic rings. The number of carboxylic acids is 6. The van der Waals surface area contributed by atoms with E-state index in [4.69, 9.17) is 64.4 Å². The van der Waals surface area contributed by atoms with Gasteiger partial charge in [-0.2, -0.15) is 0 Å². The molecule has 1 fully saturated rings. The van der Waals surface area contributed by atoms with E-state index in [-0.39, 0.29) is 5.82 Å². The van der Waals surface area contributed by atoms with E-state index in [1.807, 2.05) is 36.5 Å². The average molecular weight is 765 g/mol. The summed E-state index contributed by atoms with van der Waals surface area (Å²) in [6.45, 7) is 4.82. The summed E-state index contributed by atoms with van der Waals surface area (Å²) in [5.41, 5.74) is 4.22. The number of piperidine rings is 1. The first kappa shape index (κ1) is 41.9. The third kappa shape index (κ3) is 13.5. The number of fused-ring (bicyclic) bond motifs is 2. The van der Waals surface area contributed by atoms with Gasteiger partial charge in [-0.25, -0.2) is 19.3 Å². The Labute approximate surface area is 308 Å². The summed E-state index contributed by atoms with van der Waals surface area (Å²) in [5.74, 6) is -11.6. The molecule has 0 spiro atoms. The van der Waals surface area contributed by atoms with Crippen LogP contribution >= 0.6 is 11.3 Å². The van der Waals surface area contributed by atoms with Crippen LogP contribution in [0.25, 0.3) is 21.4 Å². The lowest BCUT2D eigenvalue weighted by atomic mass is 9.93. The number of aromatic nitrogens is 4. The second kappa shape index (κ2) is 20.5. The molecule has 0 saturated carbocycles. The molecule has 0 unspecified atom stereocenters. The van der Waals surface area contributed by atoms with E-state index in [1.165, 1.54) is 25.0 Å². The van der Waals surface area contributed by atoms with Crippen LogP contribution in [-0.2, 0) is 41.7 Å². The van der Waals surface area contributed by atoms with E-state index in [9.17, 15) is 4.39 Å². The molecule has 1 aliphatic heterocycles. The summed E-state index contributed by atoms with van der Waals surface area (Å²) in [5, 5.41) is 58.0. The number of para-hydroxylation sites is 2. The van der Waals surface area contributed by atoms with Gasteiger partial charge in [-0.1, -0.05) is 35.6 Å². The van der Waals surface area contributed by atoms with Crippen molar-refractivity contribution in [1.82, 2.24) is 24.4 Å². The normalized spacial score (nSPS) is 12.5. The monoisotopic (exact) mass is 764 g/mol. The number of carboxylic acid groups (broad SMARTS) is 6. The van der Waals surface area contributed by atoms with Crippen LogP contribution in [0.5, 0.6) is 0 Å². The number of benzene rings is 2. The maximum atomic E-state index is 13.4. The number of aliphatic carboxylic acids is 6. The van der Waals surface area contributed by atoms with Crippen molar-refractivity contribution in [3.05, 3.63) is 84.1 Å². The number of likely N-dealkylation sites (tertiary alicyclic amines) is 1. The van der Waals surface area contributed by atoms with Gasteiger partial charge in [-0.15, -0.1) is 0 Å². The Bertz CT molecular complexity index is 1950. The predicted octanol–water partition coefficient (Wildman–Crippen LogP) is -4.95. The SMILES string of the molecule is Fc1ccc(Cn2c(CC3CCN(CCNc4nc5cccnc5s4)CC3)nc3ccccc32)cc1.O=C([O-])C(=O)[O-].O=C([O-])C(=O)[O-].O=C([O-])C(=O)[O-]. The Morgan fingerprint density at radius 2 is 1.30 bits per heavy atom. The molecular weight excluding hydrogens is 735 g/mol. The number of halogens is 1. The number of imidazole rings is 1. The topological polar surface area (TPSA) is 300 Å². The molecule has 1 aliphatic rings. The Morgan fingerprint density at radius 1 is 0.741 bits per heavy atom. The maximum Gasteiger partial charge on any atom is 0.185 e. The summed E-state index contributed by atoms with van der Waals surface area (Å²) in [4.78, 5) is 71.1. The van der Waals surface area contributed by atoms with Gasteiger partial charge >= 0.3 is 0 Å². The lowest BCUT2D eigenvalue weighted by molar-refractivity contribution is -0.345. The van der Waals surface area contributed by atoms with Gasteiger partial charge in [-0.05, 0) is 73.8 Å². The second-order valence-corrected chi connectivity index (χ2v) is 12.2. The lowest BCUT2D eigenvalue weighted by Gasteiger charge is -2.31. The van der Waals surface area contributed by atoms with E-state index in [2.05, 4.69) is 43.0 Å². The van der Waals surface area contributed by atoms with Gasteiger partial charge in [0.15, 0.2) is 5.13 Å². The summed E-state index contributed by atoms with van der Waals surface area (Å²) in [6, 6.07) is 19.0. The smallest absolute Gasteiger partial charge is 0.185 e. The van der Waals surface area contributed by atoms with Crippen molar-refractivity contribution < 1.29 is 63.8 Å². The van der Waals surface area contributed by atoms with E-state index in [0.29, 0.717) is 12.5 Å². The van der Waals surface area contributed by atoms with Crippen molar-refractivity contribution in [1.29, 1.82) is 0 Å². The number of carbonyl (C=O) groups excluding carboxylic acids is 6. The molecule has 4 heterocycles. The second-order valence-electron chi connectivity index (χ2n) is 11.2. The molecule has 2 aromatic carbocycles. The van der Waals surface area contributed by atoms with Gasteiger partial charge in [0, 0.05) is 32.3 Å². The Balaban J connectivity index is 0.000000363. The summed E-state index contributed by atoms with van der Waals surface area (Å²) in [7, 11) is 0. The zero-order chi connectivity index (χ0) is 39.8. The number of pyridine rings is 1. The van der Waals surface area contributed by atoms with Crippen LogP contribution in [-0.4, -0.2) is 86.4 Å². The van der Waals surface area contributed by atoms with Crippen LogP contribution in [0.2, 0.25) is 0 Å². The van der Waals surface area contributed by atoms with Crippen LogP contribution in [0.4, 0.5) is 9.52 Å². The minimum atomic E-state index is -2.19. The number of hydrogen-bond donors (Lipinski definition) is 1. The minimum Gasteiger partial charge on any atom is -0.543 e. The molecular formula is C34H29FN6O12S-6. The molecule has 0 bridgehead atoms. The van der Waals surface area contributed by atoms with Crippen LogP contribution in [0.15, 0.2) is 66.9 Å². The fourth-order valence-electron chi connectivity index (χ4n) is 5.07. The number of nitrogens with zero attached hydrogens (tertiary/aromatic N) is 5. The fraction of sp³-hybridized carbons (Fsp3) is 0.265. The molecule has 0 amide bonds. The van der Waals surface area contributed by atoms with Gasteiger partial charge in [0.2, 0.25) is 0 Å². The van der Waals surface area contributed by atoms with Crippen LogP contribution in [0.1, 0.15) is 24.2 Å². The van der Waals surface area contributed by atoms with Gasteiger partial charge in [0.1, 0.15) is 22.0 Å². The highest BCUT2D eigenvalue weighted by Gasteiger charge is 2.22. The highest BCUT2D eigenvalue weighted by Crippen LogP contribution is 2.26. The molecule has 0 aliphatic carbocycles. The van der Waals surface area contributed by atoms with Crippen LogP contribution < -0.4 is 36.0 Å². The number of thiazole rings is 1. The van der Waals surface area contributed by atoms with Gasteiger partial charge in [0.05, 0.1) is 46.8 Å². The molecule has 1 saturated heterocycles. The van der Waals surface area contributed by atoms with Crippen molar-refractivity contribution in [3.63, 3.8) is 0 Å². The first-order chi connectivity index (χ1) is 25.6. The van der Waals surface area contributed by atoms with E-state index < -0.39 is 35.8 Å². The number of hydrogen-bond acceptors (Lipinski definition) is 18. The summed E-state index contributed by atoms with van der Waals surface area (Å²) < 4.78 is 15.7. The molecule has 18 nitrogen and oxygen atoms in total. The lowest BCUT2D eigenvalue weighted by Crippen LogP contribution is -2.42. The third-order valence-electron chi connectivity index (χ3n) is 7.54. The van der Waals surface area contributed by atoms with Crippen molar-refractivity contribution >= 4 is 73.7 Å². The molecule has 1 N–H and O–H groups in total. The van der Waals surface area contributed by atoms with Gasteiger partial charge < -0.3 is 74.2 Å². The Morgan fingerprint density at radius 3 is 1.85 bits per heavy atom. The zero-order valence-corrected chi connectivity index (χ0v) is 28.8. The van der Waals surface area contributed by atoms with Crippen molar-refractivity contribution in [2.45, 2.75) is 25.8 Å². The predicted molar refractivity (Wildman–Crippen MR) is 174 cm³/mol. The molecule has 54 heavy (non-hydrogen) atoms. The van der Waals surface area contributed by atoms with Crippen molar-refractivity contribution in [2.75, 3.05) is 31.5 Å². The first-order valence-corrected chi connectivity index (χ1v) is 16.6. The van der Waals surface area contributed by atoms with Crippen molar-refractivity contribution in [3.8, 4) is 0 Å². The van der Waals surface area contributed by atoms with Gasteiger partial charge in [-0.3, -0.25) is 0 Å². The highest BCUT2D eigenvalue weighted by molar-refractivity contribution is 7.21. The largest absolute Gasteiger partial charge is 0.543 e. The van der Waals surface area contributed by atoms with Gasteiger partial charge in [0.25, 0.3) is 0 Å². The first-order valence-electron chi connectivity index (χ1n) is 15.8. The number of rotatable bonds is 8. The molecule has 3 aromatic heterocycles. The molecule has 0 radical (unpaired) electrons. The number of carbonyl (C=O) groups is 6. The summed E-state index contributed by atoms with van der Waals surface area (Å²) >= 11 is 1.61. The molecule has 6 rings (SSSR count). The third-order valence-corrected chi connectivity index (χ3v) is 8.47. The molecule has 0 atom stereocenters. The fourth-order valence-corrected chi connectivity index (χ4v) is 5.90. The average Bonchev–Trinajstić information content (AvgIpc) is 3.71. The zero-order valence-electron chi connectivity index (χ0n) is 28.0. The summed E-state index contributed by atoms with van der Waals surface area (Å²) in [6.07, 6.45) is 5.13. The van der Waals surface area contributed by atoms with Crippen LogP contribution in [0.3, 0.4) is 0 Å².